The van der Waals surface area contributed by atoms with Gasteiger partial charge in [-0.3, -0.25) is 9.89 Å². The van der Waals surface area contributed by atoms with Crippen LogP contribution in [0.5, 0.6) is 0 Å². The molecule has 1 aliphatic rings. The van der Waals surface area contributed by atoms with Crippen molar-refractivity contribution < 1.29 is 0 Å². The number of aliphatic imine (C=N–C) groups is 1. The van der Waals surface area contributed by atoms with E-state index in [1.54, 1.807) is 11.3 Å². The van der Waals surface area contributed by atoms with E-state index in [4.69, 9.17) is 4.99 Å². The predicted octanol–water partition coefficient (Wildman–Crippen LogP) is 3.50. The molecule has 2 rings (SSSR count). The van der Waals surface area contributed by atoms with E-state index < -0.39 is 0 Å². The van der Waals surface area contributed by atoms with Crippen LogP contribution in [0.1, 0.15) is 50.7 Å². The second kappa shape index (κ2) is 12.9. The summed E-state index contributed by atoms with van der Waals surface area (Å²) in [7, 11) is 0. The second-order valence-electron chi connectivity index (χ2n) is 6.45. The Morgan fingerprint density at radius 2 is 2.04 bits per heavy atom. The summed E-state index contributed by atoms with van der Waals surface area (Å²) in [5, 5.41) is 10.2. The molecule has 2 N–H and O–H groups in total. The number of hydrogen-bond acceptors (Lipinski definition) is 4. The summed E-state index contributed by atoms with van der Waals surface area (Å²) in [5.41, 5.74) is 1.24. The predicted molar refractivity (Wildman–Crippen MR) is 119 cm³/mol. The third kappa shape index (κ3) is 8.21. The molecule has 1 aliphatic heterocycles. The van der Waals surface area contributed by atoms with Gasteiger partial charge in [0.05, 0.1) is 10.7 Å². The first-order valence-electron chi connectivity index (χ1n) is 9.42. The van der Waals surface area contributed by atoms with Gasteiger partial charge < -0.3 is 10.6 Å². The smallest absolute Gasteiger partial charge is 0.191 e. The van der Waals surface area contributed by atoms with Crippen molar-refractivity contribution in [3.05, 3.63) is 16.1 Å². The van der Waals surface area contributed by atoms with Crippen LogP contribution >= 0.6 is 35.3 Å². The number of aryl methyl sites for hydroxylation is 1. The van der Waals surface area contributed by atoms with Gasteiger partial charge in [0.25, 0.3) is 0 Å². The molecular formula is C18H34IN5S. The summed E-state index contributed by atoms with van der Waals surface area (Å²) < 4.78 is 0. The maximum Gasteiger partial charge on any atom is 0.191 e. The molecule has 0 amide bonds. The van der Waals surface area contributed by atoms with Crippen LogP contribution in [0.3, 0.4) is 0 Å². The highest BCUT2D eigenvalue weighted by atomic mass is 127. The summed E-state index contributed by atoms with van der Waals surface area (Å²) in [6, 6.07) is 0. The number of thiazole rings is 1. The molecule has 1 aromatic heterocycles. The van der Waals surface area contributed by atoms with Crippen LogP contribution in [-0.2, 0) is 13.0 Å². The zero-order valence-electron chi connectivity index (χ0n) is 15.9. The van der Waals surface area contributed by atoms with Gasteiger partial charge in [-0.1, -0.05) is 13.8 Å². The Bertz CT molecular complexity index is 497. The number of hydrogen-bond donors (Lipinski definition) is 2. The van der Waals surface area contributed by atoms with Crippen LogP contribution in [-0.4, -0.2) is 48.6 Å². The Balaban J connectivity index is 0.00000312. The molecule has 2 heterocycles. The molecule has 0 spiro atoms. The minimum absolute atomic E-state index is 0. The van der Waals surface area contributed by atoms with Crippen LogP contribution < -0.4 is 10.6 Å². The molecule has 7 heteroatoms. The minimum atomic E-state index is 0. The van der Waals surface area contributed by atoms with Gasteiger partial charge in [-0.2, -0.15) is 0 Å². The van der Waals surface area contributed by atoms with Crippen molar-refractivity contribution in [2.75, 3.05) is 32.7 Å². The molecule has 0 atom stereocenters. The summed E-state index contributed by atoms with van der Waals surface area (Å²) in [4.78, 5) is 12.0. The molecule has 1 saturated heterocycles. The SMILES string of the molecule is CCCNC(=NCC1CCN(Cc2csc(CC)n2)CC1)NCC.I. The van der Waals surface area contributed by atoms with Crippen molar-refractivity contribution in [1.29, 1.82) is 0 Å². The molecule has 25 heavy (non-hydrogen) atoms. The summed E-state index contributed by atoms with van der Waals surface area (Å²) in [5.74, 6) is 1.68. The van der Waals surface area contributed by atoms with E-state index in [-0.39, 0.29) is 24.0 Å². The first-order chi connectivity index (χ1) is 11.7. The summed E-state index contributed by atoms with van der Waals surface area (Å²) >= 11 is 1.79. The van der Waals surface area contributed by atoms with E-state index in [1.165, 1.54) is 23.5 Å². The maximum absolute atomic E-state index is 4.76. The number of rotatable bonds is 8. The van der Waals surface area contributed by atoms with Crippen molar-refractivity contribution in [2.45, 2.75) is 53.0 Å². The molecule has 1 fully saturated rings. The quantitative estimate of drug-likeness (QED) is 0.341. The van der Waals surface area contributed by atoms with E-state index in [9.17, 15) is 0 Å². The van der Waals surface area contributed by atoms with Crippen molar-refractivity contribution in [3.63, 3.8) is 0 Å². The maximum atomic E-state index is 4.76. The highest BCUT2D eigenvalue weighted by Crippen LogP contribution is 2.20. The van der Waals surface area contributed by atoms with Gasteiger partial charge in [0, 0.05) is 31.6 Å². The number of halogens is 1. The van der Waals surface area contributed by atoms with Crippen LogP contribution in [0, 0.1) is 5.92 Å². The zero-order valence-corrected chi connectivity index (χ0v) is 19.0. The Hall–Kier alpha value is -0.410. The number of likely N-dealkylation sites (tertiary alicyclic amines) is 1. The topological polar surface area (TPSA) is 52.6 Å². The largest absolute Gasteiger partial charge is 0.357 e. The molecule has 5 nitrogen and oxygen atoms in total. The van der Waals surface area contributed by atoms with Crippen molar-refractivity contribution in [2.24, 2.45) is 10.9 Å². The lowest BCUT2D eigenvalue weighted by Gasteiger charge is -2.30. The lowest BCUT2D eigenvalue weighted by Crippen LogP contribution is -2.39. The monoisotopic (exact) mass is 479 g/mol. The van der Waals surface area contributed by atoms with Gasteiger partial charge in [-0.25, -0.2) is 4.98 Å². The molecule has 144 valence electrons. The van der Waals surface area contributed by atoms with Crippen LogP contribution in [0.4, 0.5) is 0 Å². The number of piperidine rings is 1. The highest BCUT2D eigenvalue weighted by Gasteiger charge is 2.19. The summed E-state index contributed by atoms with van der Waals surface area (Å²) in [6.45, 7) is 12.6. The van der Waals surface area contributed by atoms with Gasteiger partial charge >= 0.3 is 0 Å². The van der Waals surface area contributed by atoms with Crippen LogP contribution in [0.15, 0.2) is 10.4 Å². The van der Waals surface area contributed by atoms with E-state index in [2.05, 4.69) is 46.7 Å². The lowest BCUT2D eigenvalue weighted by atomic mass is 9.97. The van der Waals surface area contributed by atoms with Crippen molar-refractivity contribution in [3.8, 4) is 0 Å². The van der Waals surface area contributed by atoms with Gasteiger partial charge in [0.1, 0.15) is 0 Å². The summed E-state index contributed by atoms with van der Waals surface area (Å²) in [6.07, 6.45) is 4.65. The lowest BCUT2D eigenvalue weighted by molar-refractivity contribution is 0.179. The molecule has 0 unspecified atom stereocenters. The average molecular weight is 479 g/mol. The normalized spacial score (nSPS) is 16.5. The number of nitrogens with zero attached hydrogens (tertiary/aromatic N) is 3. The third-order valence-corrected chi connectivity index (χ3v) is 5.43. The van der Waals surface area contributed by atoms with E-state index in [1.807, 2.05) is 0 Å². The fourth-order valence-corrected chi connectivity index (χ4v) is 3.68. The standard InChI is InChI=1S/C18H33N5S.HI/c1-4-9-20-18(19-6-3)21-12-15-7-10-23(11-8-15)13-16-14-24-17(5-2)22-16;/h14-15H,4-13H2,1-3H3,(H2,19,20,21);1H. The molecular weight excluding hydrogens is 445 g/mol. The molecule has 0 aromatic carbocycles. The number of nitrogens with one attached hydrogen (secondary N) is 2. The fourth-order valence-electron chi connectivity index (χ4n) is 2.95. The van der Waals surface area contributed by atoms with Gasteiger partial charge in [0.15, 0.2) is 5.96 Å². The van der Waals surface area contributed by atoms with Gasteiger partial charge in [-0.15, -0.1) is 35.3 Å². The average Bonchev–Trinajstić information content (AvgIpc) is 3.06. The van der Waals surface area contributed by atoms with Crippen LogP contribution in [0.2, 0.25) is 0 Å². The van der Waals surface area contributed by atoms with E-state index in [0.717, 1.165) is 58.1 Å². The molecule has 1 aromatic rings. The molecule has 0 saturated carbocycles. The van der Waals surface area contributed by atoms with Gasteiger partial charge in [0.2, 0.25) is 0 Å². The van der Waals surface area contributed by atoms with Crippen molar-refractivity contribution >= 4 is 41.3 Å². The first-order valence-corrected chi connectivity index (χ1v) is 10.3. The first kappa shape index (κ1) is 22.6. The van der Waals surface area contributed by atoms with Crippen molar-refractivity contribution in [1.82, 2.24) is 20.5 Å². The Morgan fingerprint density at radius 1 is 1.28 bits per heavy atom. The molecule has 0 bridgehead atoms. The second-order valence-corrected chi connectivity index (χ2v) is 7.39. The molecule has 0 radical (unpaired) electrons. The van der Waals surface area contributed by atoms with E-state index in [0.29, 0.717) is 5.92 Å². The van der Waals surface area contributed by atoms with Crippen LogP contribution in [0.25, 0.3) is 0 Å². The number of guanidine groups is 1. The molecule has 0 aliphatic carbocycles. The third-order valence-electron chi connectivity index (χ3n) is 4.39. The Labute approximate surface area is 174 Å². The minimum Gasteiger partial charge on any atom is -0.357 e. The van der Waals surface area contributed by atoms with Gasteiger partial charge in [-0.05, 0) is 51.6 Å². The Kier molecular flexibility index (Phi) is 11.6. The Morgan fingerprint density at radius 3 is 2.64 bits per heavy atom. The highest BCUT2D eigenvalue weighted by molar-refractivity contribution is 14.0. The van der Waals surface area contributed by atoms with E-state index >= 15 is 0 Å². The number of aromatic nitrogens is 1. The zero-order chi connectivity index (χ0) is 17.2. The fraction of sp³-hybridized carbons (Fsp3) is 0.778.